The number of rotatable bonds is 3. The van der Waals surface area contributed by atoms with Crippen LogP contribution in [0.25, 0.3) is 0 Å². The number of nitrogens with two attached hydrogens (primary N) is 2. The third kappa shape index (κ3) is 3.66. The SMILES string of the molecule is CC(N)(C(=O)N1CCN(S(N)(=O)=O)CC1)c1ccc(Br)cc1. The molecule has 1 fully saturated rings. The molecule has 1 atom stereocenters. The summed E-state index contributed by atoms with van der Waals surface area (Å²) in [4.78, 5) is 14.2. The first-order valence-electron chi connectivity index (χ1n) is 6.74. The maximum atomic E-state index is 12.7. The predicted octanol–water partition coefficient (Wildman–Crippen LogP) is -0.0293. The molecule has 122 valence electrons. The predicted molar refractivity (Wildman–Crippen MR) is 86.9 cm³/mol. The Kier molecular flexibility index (Phi) is 4.93. The lowest BCUT2D eigenvalue weighted by molar-refractivity contribution is -0.138. The fourth-order valence-electron chi connectivity index (χ4n) is 2.39. The fourth-order valence-corrected chi connectivity index (χ4v) is 3.33. The van der Waals surface area contributed by atoms with Crippen molar-refractivity contribution in [2.75, 3.05) is 26.2 Å². The van der Waals surface area contributed by atoms with Gasteiger partial charge < -0.3 is 10.6 Å². The summed E-state index contributed by atoms with van der Waals surface area (Å²) in [5, 5.41) is 5.09. The minimum atomic E-state index is -3.71. The zero-order chi connectivity index (χ0) is 16.5. The smallest absolute Gasteiger partial charge is 0.277 e. The number of halogens is 1. The van der Waals surface area contributed by atoms with E-state index >= 15 is 0 Å². The van der Waals surface area contributed by atoms with Gasteiger partial charge in [0.1, 0.15) is 5.54 Å². The zero-order valence-corrected chi connectivity index (χ0v) is 14.6. The zero-order valence-electron chi connectivity index (χ0n) is 12.2. The minimum Gasteiger partial charge on any atom is -0.338 e. The Morgan fingerprint density at radius 1 is 1.18 bits per heavy atom. The van der Waals surface area contributed by atoms with Gasteiger partial charge in [-0.25, -0.2) is 5.14 Å². The summed E-state index contributed by atoms with van der Waals surface area (Å²) in [6, 6.07) is 7.24. The van der Waals surface area contributed by atoms with Gasteiger partial charge in [0.15, 0.2) is 0 Å². The van der Waals surface area contributed by atoms with E-state index in [1.165, 1.54) is 0 Å². The molecule has 1 amide bonds. The standard InChI is InChI=1S/C13H19BrN4O3S/c1-13(15,10-2-4-11(14)5-3-10)12(19)17-6-8-18(9-7-17)22(16,20)21/h2-5H,6-9,15H2,1H3,(H2,16,20,21). The summed E-state index contributed by atoms with van der Waals surface area (Å²) in [6.45, 7) is 2.57. The van der Waals surface area contributed by atoms with Crippen molar-refractivity contribution in [3.8, 4) is 0 Å². The van der Waals surface area contributed by atoms with Gasteiger partial charge in [-0.2, -0.15) is 12.7 Å². The van der Waals surface area contributed by atoms with E-state index in [0.29, 0.717) is 5.56 Å². The van der Waals surface area contributed by atoms with E-state index < -0.39 is 15.7 Å². The van der Waals surface area contributed by atoms with Crippen molar-refractivity contribution in [1.82, 2.24) is 9.21 Å². The third-order valence-corrected chi connectivity index (χ3v) is 5.39. The molecule has 1 saturated heterocycles. The van der Waals surface area contributed by atoms with Crippen LogP contribution >= 0.6 is 15.9 Å². The van der Waals surface area contributed by atoms with Gasteiger partial charge in [-0.15, -0.1) is 0 Å². The van der Waals surface area contributed by atoms with E-state index in [1.807, 2.05) is 12.1 Å². The fraction of sp³-hybridized carbons (Fsp3) is 0.462. The lowest BCUT2D eigenvalue weighted by atomic mass is 9.91. The van der Waals surface area contributed by atoms with Gasteiger partial charge in [0, 0.05) is 30.7 Å². The van der Waals surface area contributed by atoms with E-state index in [9.17, 15) is 13.2 Å². The number of amides is 1. The number of benzene rings is 1. The van der Waals surface area contributed by atoms with E-state index in [2.05, 4.69) is 15.9 Å². The first-order valence-corrected chi connectivity index (χ1v) is 9.04. The molecule has 0 aromatic heterocycles. The molecule has 9 heteroatoms. The van der Waals surface area contributed by atoms with Crippen LogP contribution in [-0.4, -0.2) is 49.7 Å². The average Bonchev–Trinajstić information content (AvgIpc) is 2.46. The van der Waals surface area contributed by atoms with Crippen LogP contribution < -0.4 is 10.9 Å². The van der Waals surface area contributed by atoms with Crippen molar-refractivity contribution in [3.05, 3.63) is 34.3 Å². The molecule has 1 aromatic carbocycles. The van der Waals surface area contributed by atoms with Crippen LogP contribution in [0.4, 0.5) is 0 Å². The van der Waals surface area contributed by atoms with E-state index in [4.69, 9.17) is 10.9 Å². The van der Waals surface area contributed by atoms with Crippen LogP contribution in [0, 0.1) is 0 Å². The topological polar surface area (TPSA) is 110 Å². The average molecular weight is 391 g/mol. The molecule has 22 heavy (non-hydrogen) atoms. The minimum absolute atomic E-state index is 0.182. The number of carbonyl (C=O) groups is 1. The normalized spacial score (nSPS) is 19.7. The number of hydrogen-bond donors (Lipinski definition) is 2. The van der Waals surface area contributed by atoms with Crippen LogP contribution in [0.2, 0.25) is 0 Å². The van der Waals surface area contributed by atoms with Gasteiger partial charge in [0.05, 0.1) is 0 Å². The molecule has 0 aliphatic carbocycles. The quantitative estimate of drug-likeness (QED) is 0.754. The second kappa shape index (κ2) is 6.25. The van der Waals surface area contributed by atoms with Crippen LogP contribution in [0.15, 0.2) is 28.7 Å². The largest absolute Gasteiger partial charge is 0.338 e. The number of piperazine rings is 1. The maximum absolute atomic E-state index is 12.7. The lowest BCUT2D eigenvalue weighted by Gasteiger charge is -2.37. The molecular formula is C13H19BrN4O3S. The summed E-state index contributed by atoms with van der Waals surface area (Å²) in [6.07, 6.45) is 0. The molecule has 1 heterocycles. The lowest BCUT2D eigenvalue weighted by Crippen LogP contribution is -2.58. The molecule has 0 spiro atoms. The molecule has 7 nitrogen and oxygen atoms in total. The van der Waals surface area contributed by atoms with Crippen LogP contribution in [0.3, 0.4) is 0 Å². The first-order chi connectivity index (χ1) is 10.1. The number of hydrogen-bond acceptors (Lipinski definition) is 4. The first kappa shape index (κ1) is 17.4. The van der Waals surface area contributed by atoms with Crippen LogP contribution in [-0.2, 0) is 20.5 Å². The molecule has 0 radical (unpaired) electrons. The summed E-state index contributed by atoms with van der Waals surface area (Å²) >= 11 is 3.34. The molecule has 1 aromatic rings. The second-order valence-electron chi connectivity index (χ2n) is 5.45. The molecule has 1 aliphatic rings. The summed E-state index contributed by atoms with van der Waals surface area (Å²) < 4.78 is 24.6. The second-order valence-corrected chi connectivity index (χ2v) is 7.91. The van der Waals surface area contributed by atoms with Gasteiger partial charge >= 0.3 is 0 Å². The summed E-state index contributed by atoms with van der Waals surface area (Å²) in [5.74, 6) is -0.233. The summed E-state index contributed by atoms with van der Waals surface area (Å²) in [7, 11) is -3.71. The highest BCUT2D eigenvalue weighted by Crippen LogP contribution is 2.23. The van der Waals surface area contributed by atoms with Gasteiger partial charge in [0.2, 0.25) is 5.91 Å². The maximum Gasteiger partial charge on any atom is 0.277 e. The number of carbonyl (C=O) groups excluding carboxylic acids is 1. The molecule has 1 unspecified atom stereocenters. The Morgan fingerprint density at radius 2 is 1.68 bits per heavy atom. The van der Waals surface area contributed by atoms with Crippen molar-refractivity contribution in [2.45, 2.75) is 12.5 Å². The molecule has 0 bridgehead atoms. The van der Waals surface area contributed by atoms with Gasteiger partial charge in [-0.1, -0.05) is 28.1 Å². The van der Waals surface area contributed by atoms with Crippen molar-refractivity contribution in [1.29, 1.82) is 0 Å². The van der Waals surface area contributed by atoms with Crippen molar-refractivity contribution in [2.24, 2.45) is 10.9 Å². The van der Waals surface area contributed by atoms with Crippen molar-refractivity contribution in [3.63, 3.8) is 0 Å². The Morgan fingerprint density at radius 3 is 2.14 bits per heavy atom. The van der Waals surface area contributed by atoms with Crippen molar-refractivity contribution >= 4 is 32.0 Å². The number of nitrogens with zero attached hydrogens (tertiary/aromatic N) is 2. The van der Waals surface area contributed by atoms with Gasteiger partial charge in [-0.3, -0.25) is 4.79 Å². The van der Waals surface area contributed by atoms with Crippen LogP contribution in [0.1, 0.15) is 12.5 Å². The molecule has 1 aliphatic heterocycles. The molecule has 0 saturated carbocycles. The summed E-state index contributed by atoms with van der Waals surface area (Å²) in [5.41, 5.74) is 5.76. The third-order valence-electron chi connectivity index (χ3n) is 3.77. The Balaban J connectivity index is 2.10. The Bertz CT molecular complexity index is 652. The van der Waals surface area contributed by atoms with E-state index in [-0.39, 0.29) is 32.1 Å². The van der Waals surface area contributed by atoms with Gasteiger partial charge in [0.25, 0.3) is 10.2 Å². The van der Waals surface area contributed by atoms with E-state index in [1.54, 1.807) is 24.0 Å². The Hall–Kier alpha value is -1.00. The molecule has 2 rings (SSSR count). The van der Waals surface area contributed by atoms with Gasteiger partial charge in [-0.05, 0) is 24.6 Å². The molecular weight excluding hydrogens is 372 g/mol. The highest BCUT2D eigenvalue weighted by molar-refractivity contribution is 9.10. The van der Waals surface area contributed by atoms with Crippen LogP contribution in [0.5, 0.6) is 0 Å². The monoisotopic (exact) mass is 390 g/mol. The highest BCUT2D eigenvalue weighted by Gasteiger charge is 2.36. The Labute approximate surface area is 138 Å². The van der Waals surface area contributed by atoms with Crippen molar-refractivity contribution < 1.29 is 13.2 Å². The van der Waals surface area contributed by atoms with E-state index in [0.717, 1.165) is 8.78 Å². The molecule has 4 N–H and O–H groups in total. The highest BCUT2D eigenvalue weighted by atomic mass is 79.9.